The normalized spacial score (nSPS) is 10.6. The molecule has 0 spiro atoms. The third-order valence-corrected chi connectivity index (χ3v) is 5.58. The summed E-state index contributed by atoms with van der Waals surface area (Å²) in [6, 6.07) is 27.6. The molecule has 0 saturated carbocycles. The van der Waals surface area contributed by atoms with Gasteiger partial charge < -0.3 is 10.1 Å². The van der Waals surface area contributed by atoms with E-state index in [1.54, 1.807) is 24.3 Å². The molecule has 37 heavy (non-hydrogen) atoms. The average Bonchev–Trinajstić information content (AvgIpc) is 2.89. The Morgan fingerprint density at radius 2 is 1.46 bits per heavy atom. The molecule has 0 aliphatic rings. The fourth-order valence-electron chi connectivity index (χ4n) is 4.03. The second-order valence-corrected chi connectivity index (χ2v) is 8.40. The Morgan fingerprint density at radius 3 is 2.14 bits per heavy atom. The topological polar surface area (TPSA) is 110 Å². The molecule has 2 N–H and O–H groups in total. The highest BCUT2D eigenvalue weighted by molar-refractivity contribution is 6.10. The Balaban J connectivity index is 1.52. The van der Waals surface area contributed by atoms with Gasteiger partial charge in [-0.2, -0.15) is 5.10 Å². The lowest BCUT2D eigenvalue weighted by molar-refractivity contribution is 0.102. The predicted molar refractivity (Wildman–Crippen MR) is 142 cm³/mol. The number of benzene rings is 3. The fourth-order valence-corrected chi connectivity index (χ4v) is 4.03. The van der Waals surface area contributed by atoms with Crippen LogP contribution in [-0.4, -0.2) is 26.1 Å². The van der Waals surface area contributed by atoms with Crippen LogP contribution in [0.2, 0.25) is 0 Å². The van der Waals surface area contributed by atoms with E-state index >= 15 is 0 Å². The SMILES string of the molecule is Cc1cc(C)nc(Oc2cccc(NC(=O)c3c(-c4ccccc4)c(-c4ccccc4)n[nH]c3=O)c2)n1. The number of hydrogen-bond acceptors (Lipinski definition) is 6. The Hall–Kier alpha value is -5.11. The Labute approximate surface area is 213 Å². The molecule has 0 aliphatic heterocycles. The van der Waals surface area contributed by atoms with Gasteiger partial charge in [0.25, 0.3) is 11.5 Å². The lowest BCUT2D eigenvalue weighted by Crippen LogP contribution is -2.26. The number of anilines is 1. The van der Waals surface area contributed by atoms with E-state index < -0.39 is 11.5 Å². The summed E-state index contributed by atoms with van der Waals surface area (Å²) in [6.07, 6.45) is 0. The van der Waals surface area contributed by atoms with Gasteiger partial charge in [-0.1, -0.05) is 66.7 Å². The Bertz CT molecular complexity index is 1610. The van der Waals surface area contributed by atoms with Crippen LogP contribution in [-0.2, 0) is 0 Å². The summed E-state index contributed by atoms with van der Waals surface area (Å²) < 4.78 is 5.81. The van der Waals surface area contributed by atoms with Crippen LogP contribution in [0.3, 0.4) is 0 Å². The number of aromatic amines is 1. The molecular formula is C29H23N5O3. The van der Waals surface area contributed by atoms with E-state index in [9.17, 15) is 9.59 Å². The van der Waals surface area contributed by atoms with Gasteiger partial charge in [-0.25, -0.2) is 15.1 Å². The molecule has 2 aromatic heterocycles. The van der Waals surface area contributed by atoms with Gasteiger partial charge in [-0.3, -0.25) is 9.59 Å². The molecule has 0 saturated heterocycles. The molecule has 2 heterocycles. The van der Waals surface area contributed by atoms with Gasteiger partial charge >= 0.3 is 6.01 Å². The van der Waals surface area contributed by atoms with Crippen molar-refractivity contribution in [3.8, 4) is 34.1 Å². The number of H-pyrrole nitrogens is 1. The van der Waals surface area contributed by atoms with Crippen molar-refractivity contribution in [3.05, 3.63) is 118 Å². The number of rotatable bonds is 6. The molecular weight excluding hydrogens is 466 g/mol. The lowest BCUT2D eigenvalue weighted by Gasteiger charge is -2.14. The smallest absolute Gasteiger partial charge is 0.322 e. The monoisotopic (exact) mass is 489 g/mol. The highest BCUT2D eigenvalue weighted by atomic mass is 16.5. The van der Waals surface area contributed by atoms with E-state index in [0.29, 0.717) is 28.3 Å². The van der Waals surface area contributed by atoms with E-state index in [1.807, 2.05) is 80.6 Å². The van der Waals surface area contributed by atoms with Crippen molar-refractivity contribution in [3.63, 3.8) is 0 Å². The minimum atomic E-state index is -0.591. The molecule has 8 nitrogen and oxygen atoms in total. The van der Waals surface area contributed by atoms with Gasteiger partial charge in [0.2, 0.25) is 0 Å². The summed E-state index contributed by atoms with van der Waals surface area (Å²) in [5.74, 6) is -0.126. The Kier molecular flexibility index (Phi) is 6.54. The van der Waals surface area contributed by atoms with Crippen LogP contribution in [0.25, 0.3) is 22.4 Å². The molecule has 0 bridgehead atoms. The summed E-state index contributed by atoms with van der Waals surface area (Å²) in [5, 5.41) is 9.62. The van der Waals surface area contributed by atoms with Crippen LogP contribution in [0.1, 0.15) is 21.7 Å². The highest BCUT2D eigenvalue weighted by Crippen LogP contribution is 2.32. The molecule has 5 aromatic rings. The minimum absolute atomic E-state index is 0.0379. The van der Waals surface area contributed by atoms with Crippen molar-refractivity contribution in [2.45, 2.75) is 13.8 Å². The van der Waals surface area contributed by atoms with Crippen molar-refractivity contribution in [1.82, 2.24) is 20.2 Å². The maximum absolute atomic E-state index is 13.5. The first-order chi connectivity index (χ1) is 18.0. The molecule has 1 amide bonds. The third kappa shape index (κ3) is 5.28. The second-order valence-electron chi connectivity index (χ2n) is 8.40. The van der Waals surface area contributed by atoms with Crippen molar-refractivity contribution in [2.75, 3.05) is 5.32 Å². The highest BCUT2D eigenvalue weighted by Gasteiger charge is 2.23. The van der Waals surface area contributed by atoms with Gasteiger partial charge in [-0.05, 0) is 37.6 Å². The third-order valence-electron chi connectivity index (χ3n) is 5.58. The van der Waals surface area contributed by atoms with E-state index in [4.69, 9.17) is 4.74 Å². The minimum Gasteiger partial charge on any atom is -0.424 e. The first-order valence-electron chi connectivity index (χ1n) is 11.6. The first kappa shape index (κ1) is 23.6. The number of carbonyl (C=O) groups excluding carboxylic acids is 1. The van der Waals surface area contributed by atoms with Gasteiger partial charge in [0.15, 0.2) is 0 Å². The van der Waals surface area contributed by atoms with Gasteiger partial charge in [0.1, 0.15) is 11.3 Å². The largest absolute Gasteiger partial charge is 0.424 e. The maximum Gasteiger partial charge on any atom is 0.322 e. The van der Waals surface area contributed by atoms with Crippen LogP contribution in [0, 0.1) is 13.8 Å². The van der Waals surface area contributed by atoms with E-state index in [0.717, 1.165) is 17.0 Å². The predicted octanol–water partition coefficient (Wildman–Crippen LogP) is 5.56. The summed E-state index contributed by atoms with van der Waals surface area (Å²) in [6.45, 7) is 3.72. The van der Waals surface area contributed by atoms with Gasteiger partial charge in [-0.15, -0.1) is 0 Å². The number of aromatic nitrogens is 4. The number of aryl methyl sites for hydroxylation is 2. The van der Waals surface area contributed by atoms with Crippen molar-refractivity contribution < 1.29 is 9.53 Å². The zero-order valence-corrected chi connectivity index (χ0v) is 20.2. The number of hydrogen-bond donors (Lipinski definition) is 2. The molecule has 5 rings (SSSR count). The van der Waals surface area contributed by atoms with Crippen molar-refractivity contribution in [2.24, 2.45) is 0 Å². The molecule has 0 aliphatic carbocycles. The summed E-state index contributed by atoms with van der Waals surface area (Å²) in [4.78, 5) is 35.1. The molecule has 182 valence electrons. The standard InChI is InChI=1S/C29H23N5O3/c1-18-16-19(2)31-29(30-18)37-23-15-9-14-22(17-23)32-27(35)25-24(20-10-5-3-6-11-20)26(33-34-28(25)36)21-12-7-4-8-13-21/h3-17H,1-2H3,(H,32,35)(H,34,36). The summed E-state index contributed by atoms with van der Waals surface area (Å²) in [5.41, 5.74) is 3.81. The molecule has 8 heteroatoms. The summed E-state index contributed by atoms with van der Waals surface area (Å²) in [7, 11) is 0. The number of amides is 1. The molecule has 0 atom stereocenters. The summed E-state index contributed by atoms with van der Waals surface area (Å²) >= 11 is 0. The van der Waals surface area contributed by atoms with Crippen LogP contribution >= 0.6 is 0 Å². The van der Waals surface area contributed by atoms with E-state index in [2.05, 4.69) is 25.5 Å². The molecule has 0 radical (unpaired) electrons. The van der Waals surface area contributed by atoms with Gasteiger partial charge in [0.05, 0.1) is 5.69 Å². The van der Waals surface area contributed by atoms with Crippen LogP contribution < -0.4 is 15.6 Å². The number of carbonyl (C=O) groups is 1. The van der Waals surface area contributed by atoms with Gasteiger partial charge in [0, 0.05) is 34.3 Å². The van der Waals surface area contributed by atoms with E-state index in [-0.39, 0.29) is 11.6 Å². The zero-order chi connectivity index (χ0) is 25.8. The molecule has 0 fully saturated rings. The Morgan fingerprint density at radius 1 is 0.811 bits per heavy atom. The maximum atomic E-state index is 13.5. The number of nitrogens with zero attached hydrogens (tertiary/aromatic N) is 3. The van der Waals surface area contributed by atoms with Crippen LogP contribution in [0.4, 0.5) is 5.69 Å². The van der Waals surface area contributed by atoms with Crippen molar-refractivity contribution in [1.29, 1.82) is 0 Å². The van der Waals surface area contributed by atoms with E-state index in [1.165, 1.54) is 0 Å². The van der Waals surface area contributed by atoms with Crippen LogP contribution in [0.5, 0.6) is 11.8 Å². The quantitative estimate of drug-likeness (QED) is 0.323. The first-order valence-corrected chi connectivity index (χ1v) is 11.6. The molecule has 0 unspecified atom stereocenters. The number of nitrogens with one attached hydrogen (secondary N) is 2. The van der Waals surface area contributed by atoms with Crippen LogP contribution in [0.15, 0.2) is 95.8 Å². The molecule has 3 aromatic carbocycles. The average molecular weight is 490 g/mol. The lowest BCUT2D eigenvalue weighted by atomic mass is 9.95. The number of ether oxygens (including phenoxy) is 1. The zero-order valence-electron chi connectivity index (χ0n) is 20.2. The van der Waals surface area contributed by atoms with Crippen molar-refractivity contribution >= 4 is 11.6 Å². The second kappa shape index (κ2) is 10.2. The fraction of sp³-hybridized carbons (Fsp3) is 0.0690.